The molecule has 1 aliphatic rings. The molecule has 0 spiro atoms. The molecule has 1 aromatic carbocycles. The van der Waals surface area contributed by atoms with E-state index in [0.29, 0.717) is 18.7 Å². The van der Waals surface area contributed by atoms with Crippen molar-refractivity contribution in [3.63, 3.8) is 0 Å². The van der Waals surface area contributed by atoms with Gasteiger partial charge in [-0.05, 0) is 34.1 Å². The molecular weight excluding hydrogens is 324 g/mol. The van der Waals surface area contributed by atoms with Crippen molar-refractivity contribution in [2.75, 3.05) is 31.6 Å². The monoisotopic (exact) mass is 340 g/mol. The number of amides is 2. The lowest BCUT2D eigenvalue weighted by Gasteiger charge is -2.37. The van der Waals surface area contributed by atoms with Gasteiger partial charge >= 0.3 is 0 Å². The molecular formula is C13H17BrN4O2. The van der Waals surface area contributed by atoms with E-state index in [1.807, 2.05) is 11.0 Å². The third-order valence-corrected chi connectivity index (χ3v) is 3.97. The third-order valence-electron chi connectivity index (χ3n) is 3.33. The van der Waals surface area contributed by atoms with Gasteiger partial charge in [0.15, 0.2) is 0 Å². The van der Waals surface area contributed by atoms with E-state index in [2.05, 4.69) is 26.6 Å². The minimum absolute atomic E-state index is 0.0388. The van der Waals surface area contributed by atoms with Crippen molar-refractivity contribution in [2.45, 2.75) is 6.04 Å². The summed E-state index contributed by atoms with van der Waals surface area (Å²) in [7, 11) is 1.63. The minimum Gasteiger partial charge on any atom is -0.366 e. The van der Waals surface area contributed by atoms with Gasteiger partial charge < -0.3 is 21.3 Å². The maximum atomic E-state index is 12.0. The first-order valence-electron chi connectivity index (χ1n) is 6.33. The molecule has 2 amide bonds. The fraction of sp³-hybridized carbons (Fsp3) is 0.385. The molecule has 1 aliphatic heterocycles. The highest BCUT2D eigenvalue weighted by Crippen LogP contribution is 2.29. The summed E-state index contributed by atoms with van der Waals surface area (Å²) in [6.45, 7) is 2.10. The Hall–Kier alpha value is -1.60. The van der Waals surface area contributed by atoms with Gasteiger partial charge in [-0.25, -0.2) is 0 Å². The second-order valence-corrected chi connectivity index (χ2v) is 5.41. The first-order chi connectivity index (χ1) is 9.54. The summed E-state index contributed by atoms with van der Waals surface area (Å²) in [5, 5.41) is 5.88. The number of rotatable bonds is 3. The van der Waals surface area contributed by atoms with Crippen LogP contribution in [0.2, 0.25) is 0 Å². The highest BCUT2D eigenvalue weighted by atomic mass is 79.9. The first-order valence-corrected chi connectivity index (χ1v) is 7.12. The van der Waals surface area contributed by atoms with Gasteiger partial charge in [0.25, 0.3) is 0 Å². The number of halogens is 1. The third kappa shape index (κ3) is 2.94. The molecule has 0 saturated carbocycles. The lowest BCUT2D eigenvalue weighted by Crippen LogP contribution is -2.57. The van der Waals surface area contributed by atoms with Crippen LogP contribution in [0.15, 0.2) is 22.7 Å². The minimum atomic E-state index is -0.472. The van der Waals surface area contributed by atoms with Crippen LogP contribution in [0.25, 0.3) is 0 Å². The van der Waals surface area contributed by atoms with Crippen LogP contribution in [-0.2, 0) is 4.79 Å². The molecule has 4 N–H and O–H groups in total. The number of benzene rings is 1. The van der Waals surface area contributed by atoms with Crippen molar-refractivity contribution in [2.24, 2.45) is 5.73 Å². The van der Waals surface area contributed by atoms with E-state index in [0.717, 1.165) is 16.7 Å². The molecule has 0 radical (unpaired) electrons. The lowest BCUT2D eigenvalue weighted by molar-refractivity contribution is -0.122. The lowest BCUT2D eigenvalue weighted by atomic mass is 10.1. The van der Waals surface area contributed by atoms with Crippen LogP contribution < -0.4 is 21.3 Å². The van der Waals surface area contributed by atoms with E-state index in [9.17, 15) is 9.59 Å². The van der Waals surface area contributed by atoms with Crippen LogP contribution in [0.1, 0.15) is 10.4 Å². The van der Waals surface area contributed by atoms with Gasteiger partial charge in [-0.15, -0.1) is 0 Å². The van der Waals surface area contributed by atoms with E-state index in [4.69, 9.17) is 5.73 Å². The van der Waals surface area contributed by atoms with Gasteiger partial charge in [-0.1, -0.05) is 0 Å². The average Bonchev–Trinajstić information content (AvgIpc) is 2.46. The smallest absolute Gasteiger partial charge is 0.248 e. The van der Waals surface area contributed by atoms with Crippen LogP contribution in [-0.4, -0.2) is 44.5 Å². The summed E-state index contributed by atoms with van der Waals surface area (Å²) in [5.74, 6) is -0.511. The second-order valence-electron chi connectivity index (χ2n) is 4.56. The number of piperazine rings is 1. The van der Waals surface area contributed by atoms with Gasteiger partial charge in [0.2, 0.25) is 11.8 Å². The number of nitrogens with one attached hydrogen (secondary N) is 2. The Morgan fingerprint density at radius 2 is 2.25 bits per heavy atom. The Bertz CT molecular complexity index is 535. The zero-order valence-corrected chi connectivity index (χ0v) is 12.7. The molecule has 6 nitrogen and oxygen atoms in total. The predicted octanol–water partition coefficient (Wildman–Crippen LogP) is 0.0722. The quantitative estimate of drug-likeness (QED) is 0.726. The van der Waals surface area contributed by atoms with E-state index < -0.39 is 5.91 Å². The van der Waals surface area contributed by atoms with Crippen molar-refractivity contribution < 1.29 is 9.59 Å². The van der Waals surface area contributed by atoms with Gasteiger partial charge in [-0.3, -0.25) is 9.59 Å². The summed E-state index contributed by atoms with van der Waals surface area (Å²) in [6.07, 6.45) is 0. The van der Waals surface area contributed by atoms with Crippen LogP contribution in [0, 0.1) is 0 Å². The molecule has 1 aromatic rings. The molecule has 1 fully saturated rings. The van der Waals surface area contributed by atoms with Gasteiger partial charge in [0.05, 0.1) is 5.69 Å². The second kappa shape index (κ2) is 6.23. The zero-order chi connectivity index (χ0) is 14.7. The molecule has 0 aromatic heterocycles. The number of likely N-dealkylation sites (N-methyl/N-ethyl adjacent to an activating group) is 1. The highest BCUT2D eigenvalue weighted by Gasteiger charge is 2.29. The standard InChI is InChI=1S/C13H17BrN4O2/c1-16-13(20)11-7-17-4-5-18(11)10-3-2-8(12(15)19)6-9(10)14/h2-3,6,11,17H,4-5,7H2,1H3,(H2,15,19)(H,16,20). The van der Waals surface area contributed by atoms with Crippen molar-refractivity contribution in [3.05, 3.63) is 28.2 Å². The molecule has 2 rings (SSSR count). The van der Waals surface area contributed by atoms with Crippen molar-refractivity contribution in [3.8, 4) is 0 Å². The number of nitrogens with zero attached hydrogens (tertiary/aromatic N) is 1. The number of carbonyl (C=O) groups is 2. The van der Waals surface area contributed by atoms with Crippen LogP contribution in [0.3, 0.4) is 0 Å². The molecule has 0 bridgehead atoms. The Morgan fingerprint density at radius 3 is 2.85 bits per heavy atom. The molecule has 1 saturated heterocycles. The van der Waals surface area contributed by atoms with Crippen molar-refractivity contribution >= 4 is 33.4 Å². The zero-order valence-electron chi connectivity index (χ0n) is 11.1. The normalized spacial score (nSPS) is 18.7. The number of anilines is 1. The molecule has 0 aliphatic carbocycles. The van der Waals surface area contributed by atoms with Gasteiger partial charge in [0.1, 0.15) is 6.04 Å². The summed E-state index contributed by atoms with van der Waals surface area (Å²) in [4.78, 5) is 25.1. The Labute approximate surface area is 125 Å². The van der Waals surface area contributed by atoms with Crippen LogP contribution in [0.5, 0.6) is 0 Å². The Kier molecular flexibility index (Phi) is 4.61. The van der Waals surface area contributed by atoms with Gasteiger partial charge in [-0.2, -0.15) is 0 Å². The SMILES string of the molecule is CNC(=O)C1CNCCN1c1ccc(C(N)=O)cc1Br. The van der Waals surface area contributed by atoms with E-state index in [1.165, 1.54) is 0 Å². The first kappa shape index (κ1) is 14.8. The molecule has 7 heteroatoms. The number of nitrogens with two attached hydrogens (primary N) is 1. The van der Waals surface area contributed by atoms with Crippen LogP contribution in [0.4, 0.5) is 5.69 Å². The molecule has 1 unspecified atom stereocenters. The Balaban J connectivity index is 2.32. The van der Waals surface area contributed by atoms with E-state index >= 15 is 0 Å². The Morgan fingerprint density at radius 1 is 1.50 bits per heavy atom. The van der Waals surface area contributed by atoms with Crippen molar-refractivity contribution in [1.29, 1.82) is 0 Å². The number of hydrogen-bond acceptors (Lipinski definition) is 4. The molecule has 1 heterocycles. The summed E-state index contributed by atoms with van der Waals surface area (Å²) in [5.41, 5.74) is 6.58. The molecule has 20 heavy (non-hydrogen) atoms. The summed E-state index contributed by atoms with van der Waals surface area (Å²) in [6, 6.07) is 4.89. The average molecular weight is 341 g/mol. The summed E-state index contributed by atoms with van der Waals surface area (Å²) >= 11 is 3.45. The molecule has 108 valence electrons. The fourth-order valence-electron chi connectivity index (χ4n) is 2.29. The van der Waals surface area contributed by atoms with Crippen molar-refractivity contribution in [1.82, 2.24) is 10.6 Å². The largest absolute Gasteiger partial charge is 0.366 e. The van der Waals surface area contributed by atoms with E-state index in [-0.39, 0.29) is 11.9 Å². The number of carbonyl (C=O) groups excluding carboxylic acids is 2. The highest BCUT2D eigenvalue weighted by molar-refractivity contribution is 9.10. The van der Waals surface area contributed by atoms with Crippen LogP contribution >= 0.6 is 15.9 Å². The number of hydrogen-bond donors (Lipinski definition) is 3. The molecule has 1 atom stereocenters. The van der Waals surface area contributed by atoms with E-state index in [1.54, 1.807) is 19.2 Å². The number of primary amides is 1. The fourth-order valence-corrected chi connectivity index (χ4v) is 2.89. The summed E-state index contributed by atoms with van der Waals surface area (Å²) < 4.78 is 0.754. The topological polar surface area (TPSA) is 87.5 Å². The maximum absolute atomic E-state index is 12.0. The maximum Gasteiger partial charge on any atom is 0.248 e. The predicted molar refractivity (Wildman–Crippen MR) is 80.7 cm³/mol. The van der Waals surface area contributed by atoms with Gasteiger partial charge in [0, 0.05) is 36.7 Å².